The lowest BCUT2D eigenvalue weighted by Gasteiger charge is -2.09. The number of aromatic nitrogens is 1. The number of hydrogen-bond acceptors (Lipinski definition) is 1. The summed E-state index contributed by atoms with van der Waals surface area (Å²) in [6, 6.07) is 8.39. The molecule has 0 saturated carbocycles. The van der Waals surface area contributed by atoms with Crippen LogP contribution in [0.1, 0.15) is 20.8 Å². The average Bonchev–Trinajstić information content (AvgIpc) is 2.68. The summed E-state index contributed by atoms with van der Waals surface area (Å²) in [7, 11) is 0. The first-order valence-corrected chi connectivity index (χ1v) is 6.07. The van der Waals surface area contributed by atoms with Gasteiger partial charge in [0, 0.05) is 23.6 Å². The highest BCUT2D eigenvalue weighted by Gasteiger charge is 2.03. The smallest absolute Gasteiger partial charge is 0.120 e. The molecule has 0 spiro atoms. The molecule has 0 aliphatic rings. The quantitative estimate of drug-likeness (QED) is 0.723. The summed E-state index contributed by atoms with van der Waals surface area (Å²) in [6.45, 7) is 7.05. The number of allylic oxidation sites excluding steroid dienone is 2. The molecule has 17 heavy (non-hydrogen) atoms. The minimum absolute atomic E-state index is 0.220. The van der Waals surface area contributed by atoms with E-state index in [-0.39, 0.29) is 6.10 Å². The van der Waals surface area contributed by atoms with Crippen LogP contribution < -0.4 is 4.74 Å². The predicted molar refractivity (Wildman–Crippen MR) is 72.5 cm³/mol. The van der Waals surface area contributed by atoms with E-state index in [2.05, 4.69) is 41.1 Å². The van der Waals surface area contributed by atoms with E-state index < -0.39 is 0 Å². The second-order valence-electron chi connectivity index (χ2n) is 4.42. The Morgan fingerprint density at radius 3 is 2.82 bits per heavy atom. The third-order valence-corrected chi connectivity index (χ3v) is 2.65. The number of hydrogen-bond donors (Lipinski definition) is 0. The zero-order valence-electron chi connectivity index (χ0n) is 10.7. The molecule has 90 valence electrons. The molecule has 1 aromatic heterocycles. The summed E-state index contributed by atoms with van der Waals surface area (Å²) in [6.07, 6.45) is 6.56. The van der Waals surface area contributed by atoms with E-state index in [0.717, 1.165) is 12.3 Å². The van der Waals surface area contributed by atoms with Gasteiger partial charge in [-0.05, 0) is 45.0 Å². The van der Waals surface area contributed by atoms with Gasteiger partial charge in [-0.25, -0.2) is 0 Å². The summed E-state index contributed by atoms with van der Waals surface area (Å²) in [4.78, 5) is 0. The van der Waals surface area contributed by atoms with Crippen LogP contribution in [0.2, 0.25) is 0 Å². The molecule has 0 radical (unpaired) electrons. The maximum atomic E-state index is 5.69. The van der Waals surface area contributed by atoms with Crippen molar-refractivity contribution in [2.45, 2.75) is 33.4 Å². The molecule has 0 aliphatic carbocycles. The number of benzene rings is 1. The summed E-state index contributed by atoms with van der Waals surface area (Å²) < 4.78 is 7.92. The summed E-state index contributed by atoms with van der Waals surface area (Å²) in [5.41, 5.74) is 1.25. The highest BCUT2D eigenvalue weighted by Crippen LogP contribution is 2.22. The standard InChI is InChI=1S/C15H19NO/c1-4-5-9-16-10-8-13-11-14(17-12(2)3)6-7-15(13)16/h4-8,10-12H,9H2,1-3H3/b5-4+. The molecule has 1 heterocycles. The zero-order valence-corrected chi connectivity index (χ0v) is 10.7. The SMILES string of the molecule is C/C=C/Cn1ccc2cc(OC(C)C)ccc21. The van der Waals surface area contributed by atoms with Gasteiger partial charge in [0.1, 0.15) is 5.75 Å². The van der Waals surface area contributed by atoms with Gasteiger partial charge in [0.15, 0.2) is 0 Å². The molecule has 1 aromatic carbocycles. The Morgan fingerprint density at radius 1 is 1.29 bits per heavy atom. The number of ether oxygens (including phenoxy) is 1. The highest BCUT2D eigenvalue weighted by molar-refractivity contribution is 5.81. The Labute approximate surface area is 103 Å². The van der Waals surface area contributed by atoms with Crippen molar-refractivity contribution in [3.8, 4) is 5.75 Å². The van der Waals surface area contributed by atoms with Gasteiger partial charge in [0.2, 0.25) is 0 Å². The van der Waals surface area contributed by atoms with Crippen LogP contribution in [0, 0.1) is 0 Å². The van der Waals surface area contributed by atoms with Crippen molar-refractivity contribution in [3.63, 3.8) is 0 Å². The largest absolute Gasteiger partial charge is 0.491 e. The molecule has 2 nitrogen and oxygen atoms in total. The summed E-state index contributed by atoms with van der Waals surface area (Å²) in [5.74, 6) is 0.941. The van der Waals surface area contributed by atoms with Crippen molar-refractivity contribution in [2.24, 2.45) is 0 Å². The molecule has 2 aromatic rings. The minimum atomic E-state index is 0.220. The first-order valence-electron chi connectivity index (χ1n) is 6.07. The molecule has 2 heteroatoms. The third kappa shape index (κ3) is 2.70. The van der Waals surface area contributed by atoms with Crippen molar-refractivity contribution >= 4 is 10.9 Å². The van der Waals surface area contributed by atoms with Crippen LogP contribution in [-0.4, -0.2) is 10.7 Å². The first-order chi connectivity index (χ1) is 8.20. The van der Waals surface area contributed by atoms with Crippen molar-refractivity contribution in [3.05, 3.63) is 42.6 Å². The molecule has 0 unspecified atom stereocenters. The fourth-order valence-electron chi connectivity index (χ4n) is 1.90. The van der Waals surface area contributed by atoms with Gasteiger partial charge in [-0.15, -0.1) is 0 Å². The Balaban J connectivity index is 2.31. The van der Waals surface area contributed by atoms with Gasteiger partial charge in [-0.1, -0.05) is 12.2 Å². The Kier molecular flexibility index (Phi) is 3.52. The fourth-order valence-corrected chi connectivity index (χ4v) is 1.90. The van der Waals surface area contributed by atoms with Gasteiger partial charge >= 0.3 is 0 Å². The maximum Gasteiger partial charge on any atom is 0.120 e. The molecule has 2 rings (SSSR count). The Bertz CT molecular complexity index is 523. The van der Waals surface area contributed by atoms with E-state index in [4.69, 9.17) is 4.74 Å². The number of rotatable bonds is 4. The van der Waals surface area contributed by atoms with Gasteiger partial charge in [-0.3, -0.25) is 0 Å². The van der Waals surface area contributed by atoms with Crippen LogP contribution in [0.3, 0.4) is 0 Å². The second kappa shape index (κ2) is 5.09. The minimum Gasteiger partial charge on any atom is -0.491 e. The first kappa shape index (κ1) is 11.8. The van der Waals surface area contributed by atoms with Crippen LogP contribution >= 0.6 is 0 Å². The van der Waals surface area contributed by atoms with Crippen LogP contribution in [0.25, 0.3) is 10.9 Å². The van der Waals surface area contributed by atoms with E-state index in [0.29, 0.717) is 0 Å². The second-order valence-corrected chi connectivity index (χ2v) is 4.42. The number of nitrogens with zero attached hydrogens (tertiary/aromatic N) is 1. The van der Waals surface area contributed by atoms with E-state index in [1.165, 1.54) is 10.9 Å². The lowest BCUT2D eigenvalue weighted by molar-refractivity contribution is 0.243. The van der Waals surface area contributed by atoms with Gasteiger partial charge < -0.3 is 9.30 Å². The highest BCUT2D eigenvalue weighted by atomic mass is 16.5. The lowest BCUT2D eigenvalue weighted by Crippen LogP contribution is -2.05. The monoisotopic (exact) mass is 229 g/mol. The van der Waals surface area contributed by atoms with Crippen LogP contribution in [0.15, 0.2) is 42.6 Å². The van der Waals surface area contributed by atoms with Crippen molar-refractivity contribution in [2.75, 3.05) is 0 Å². The topological polar surface area (TPSA) is 14.2 Å². The summed E-state index contributed by atoms with van der Waals surface area (Å²) >= 11 is 0. The normalized spacial score (nSPS) is 11.8. The molecular weight excluding hydrogens is 210 g/mol. The van der Waals surface area contributed by atoms with E-state index in [9.17, 15) is 0 Å². The van der Waals surface area contributed by atoms with Gasteiger partial charge in [0.05, 0.1) is 6.10 Å². The predicted octanol–water partition coefficient (Wildman–Crippen LogP) is 4.00. The van der Waals surface area contributed by atoms with Crippen molar-refractivity contribution in [1.82, 2.24) is 4.57 Å². The molecular formula is C15H19NO. The summed E-state index contributed by atoms with van der Waals surface area (Å²) in [5, 5.41) is 1.23. The van der Waals surface area contributed by atoms with Gasteiger partial charge in [-0.2, -0.15) is 0 Å². The maximum absolute atomic E-state index is 5.69. The van der Waals surface area contributed by atoms with E-state index in [1.807, 2.05) is 26.8 Å². The van der Waals surface area contributed by atoms with Gasteiger partial charge in [0.25, 0.3) is 0 Å². The number of fused-ring (bicyclic) bond motifs is 1. The van der Waals surface area contributed by atoms with E-state index >= 15 is 0 Å². The zero-order chi connectivity index (χ0) is 12.3. The van der Waals surface area contributed by atoms with Crippen LogP contribution in [0.4, 0.5) is 0 Å². The third-order valence-electron chi connectivity index (χ3n) is 2.65. The molecule has 0 fully saturated rings. The Morgan fingerprint density at radius 2 is 2.12 bits per heavy atom. The van der Waals surface area contributed by atoms with Crippen molar-refractivity contribution < 1.29 is 4.74 Å². The molecule has 0 N–H and O–H groups in total. The molecule has 0 aliphatic heterocycles. The average molecular weight is 229 g/mol. The van der Waals surface area contributed by atoms with Crippen LogP contribution in [0.5, 0.6) is 5.75 Å². The van der Waals surface area contributed by atoms with Crippen LogP contribution in [-0.2, 0) is 6.54 Å². The molecule has 0 bridgehead atoms. The fraction of sp³-hybridized carbons (Fsp3) is 0.333. The molecule has 0 saturated heterocycles. The molecule has 0 amide bonds. The lowest BCUT2D eigenvalue weighted by atomic mass is 10.2. The molecule has 0 atom stereocenters. The van der Waals surface area contributed by atoms with Crippen molar-refractivity contribution in [1.29, 1.82) is 0 Å². The Hall–Kier alpha value is -1.70. The van der Waals surface area contributed by atoms with E-state index in [1.54, 1.807) is 0 Å².